The van der Waals surface area contributed by atoms with Crippen LogP contribution in [-0.2, 0) is 19.6 Å². The van der Waals surface area contributed by atoms with E-state index in [2.05, 4.69) is 174 Å². The van der Waals surface area contributed by atoms with E-state index in [0.29, 0.717) is 22.8 Å². The molecular weight excluding hydrogens is 1210 g/mol. The number of nitriles is 1. The third-order valence-corrected chi connectivity index (χ3v) is 22.3. The second-order valence-corrected chi connectivity index (χ2v) is 28.3. The molecule has 5 fully saturated rings. The van der Waals surface area contributed by atoms with Gasteiger partial charge in [-0.15, -0.1) is 10.2 Å². The zero-order valence-corrected chi connectivity index (χ0v) is 54.5. The number of nitrogens with zero attached hydrogens (tertiary/aromatic N) is 15. The Balaban J connectivity index is 0.000000106. The minimum Gasteiger partial charge on any atom is -0.371 e. The van der Waals surface area contributed by atoms with Gasteiger partial charge in [-0.25, -0.2) is 23.4 Å². The molecule has 1 spiro atoms. The quantitative estimate of drug-likeness (QED) is 0.156. The molecule has 0 radical (unpaired) electrons. The average molecular weight is 1290 g/mol. The van der Waals surface area contributed by atoms with Crippen molar-refractivity contribution in [2.75, 3.05) is 67.6 Å². The summed E-state index contributed by atoms with van der Waals surface area (Å²) >= 11 is 0. The molecular formula is C79H74F2N16. The molecule has 8 aliphatic rings. The first-order valence-electron chi connectivity index (χ1n) is 34.3. The molecule has 4 atom stereocenters. The summed E-state index contributed by atoms with van der Waals surface area (Å²) in [4.78, 5) is 16.9. The summed E-state index contributed by atoms with van der Waals surface area (Å²) in [6.45, 7) is 12.6. The Hall–Kier alpha value is -10.6. The van der Waals surface area contributed by atoms with Crippen LogP contribution in [0.1, 0.15) is 67.7 Å². The summed E-state index contributed by atoms with van der Waals surface area (Å²) in [5.41, 5.74) is 21.9. The van der Waals surface area contributed by atoms with Crippen molar-refractivity contribution in [2.24, 2.45) is 29.1 Å². The number of halogens is 2. The molecule has 2 saturated carbocycles. The number of nitrogens with one attached hydrogen (secondary N) is 1. The van der Waals surface area contributed by atoms with E-state index in [1.165, 1.54) is 128 Å². The van der Waals surface area contributed by atoms with E-state index < -0.39 is 0 Å². The van der Waals surface area contributed by atoms with Crippen LogP contribution in [0.4, 0.5) is 25.8 Å². The van der Waals surface area contributed by atoms with Crippen LogP contribution in [0, 0.1) is 52.1 Å². The second kappa shape index (κ2) is 23.6. The normalized spacial score (nSPS) is 19.2. The van der Waals surface area contributed by atoms with E-state index in [0.717, 1.165) is 130 Å². The first-order chi connectivity index (χ1) is 47.5. The lowest BCUT2D eigenvalue weighted by atomic mass is 9.77. The number of rotatable bonds is 8. The number of anilines is 3. The number of hydrogen-bond donors (Lipinski definition) is 1. The minimum absolute atomic E-state index is 0.221. The first-order valence-corrected chi connectivity index (χ1v) is 34.3. The molecule has 12 heterocycles. The zero-order valence-electron chi connectivity index (χ0n) is 54.5. The molecule has 16 nitrogen and oxygen atoms in total. The van der Waals surface area contributed by atoms with Crippen molar-refractivity contribution in [3.8, 4) is 91.1 Å². The molecule has 6 aromatic heterocycles. The summed E-state index contributed by atoms with van der Waals surface area (Å²) in [6.07, 6.45) is 22.2. The van der Waals surface area contributed by atoms with E-state index in [1.54, 1.807) is 12.7 Å². The predicted octanol–water partition coefficient (Wildman–Crippen LogP) is 14.6. The molecule has 18 heteroatoms. The molecule has 1 N–H and O–H groups in total. The molecule has 0 bridgehead atoms. The smallest absolute Gasteiger partial charge is 0.185 e. The molecule has 20 rings (SSSR count). The molecule has 484 valence electrons. The summed E-state index contributed by atoms with van der Waals surface area (Å²) < 4.78 is 39.8. The highest BCUT2D eigenvalue weighted by molar-refractivity contribution is 5.76. The summed E-state index contributed by atoms with van der Waals surface area (Å²) in [7, 11) is 2.03. The van der Waals surface area contributed by atoms with Gasteiger partial charge in [-0.3, -0.25) is 9.13 Å². The molecule has 12 aromatic rings. The van der Waals surface area contributed by atoms with Crippen molar-refractivity contribution >= 4 is 17.1 Å². The standard InChI is InChI=1S/C27H23N5.C26H27FN6.C26H24FN5/c28-13-18-1-3-19(4-2-18)22-12-26-27-29-9-10-32(27)25-8-7-24(11-23(25)17-31(26)16-22)30-14-20-5-6-21(20)15-30;1-17-12-31(15-21(17)11-28-2)23-7-8-24-20(9-23)14-32-13-19(18-3-5-22(27)6-4-18)10-25(32)26-29-16-30-33(24)26;27-21-5-3-18(4-6-21)19-12-24-25-29-28-17-32(25)23-8-7-22(11-20(23)14-30(24)13-19)31-15-26(16-31)9-1-2-10-26/h1-4,7-12,16,20-21H,5-6,14-15,17H2;3-10,13,16-17,21,28H,11-12,14-15H2,1-2H3;3-8,11-13,17H,1-2,9-10,14-16H2/t;17-,21+;/m.1./s1. The fraction of sp³-hybridized carbons (Fsp3) is 0.291. The Bertz CT molecular complexity index is 4990. The number of fused-ring (bicyclic) bond motifs is 16. The van der Waals surface area contributed by atoms with E-state index in [9.17, 15) is 8.78 Å². The van der Waals surface area contributed by atoms with Gasteiger partial charge in [-0.2, -0.15) is 10.4 Å². The SMILES string of the molecule is CNC[C@H]1CN(c2ccc3c(c2)Cn2cc(-c4ccc(F)cc4)cc2-c2ncnn2-3)C[C@H]1C.Fc1ccc(-c2cc3n(c2)Cc2cc(N4CC5(CCCC5)C4)ccc2-n2cnnc2-3)cc1.N#Cc1ccc(-c2cc3n(c2)Cc2cc(N4CC5CCC5C4)ccc2-n2ccnc2-3)cc1. The van der Waals surface area contributed by atoms with Gasteiger partial charge in [0.25, 0.3) is 0 Å². The lowest BCUT2D eigenvalue weighted by Crippen LogP contribution is -2.55. The number of aromatic nitrogens is 11. The van der Waals surface area contributed by atoms with Crippen molar-refractivity contribution in [1.82, 2.24) is 58.1 Å². The molecule has 6 aromatic carbocycles. The summed E-state index contributed by atoms with van der Waals surface area (Å²) in [5.74, 6) is 5.29. The molecule has 3 saturated heterocycles. The topological polar surface area (TPSA) is 140 Å². The van der Waals surface area contributed by atoms with Crippen LogP contribution >= 0.6 is 0 Å². The van der Waals surface area contributed by atoms with Gasteiger partial charge >= 0.3 is 0 Å². The molecule has 0 amide bonds. The van der Waals surface area contributed by atoms with Crippen molar-refractivity contribution in [3.63, 3.8) is 0 Å². The van der Waals surface area contributed by atoms with Crippen molar-refractivity contribution in [1.29, 1.82) is 5.26 Å². The first kappa shape index (κ1) is 58.9. The summed E-state index contributed by atoms with van der Waals surface area (Å²) in [6, 6.07) is 50.2. The Morgan fingerprint density at radius 3 is 1.63 bits per heavy atom. The summed E-state index contributed by atoms with van der Waals surface area (Å²) in [5, 5.41) is 25.6. The Kier molecular flexibility index (Phi) is 14.3. The molecule has 97 heavy (non-hydrogen) atoms. The van der Waals surface area contributed by atoms with Gasteiger partial charge in [0.05, 0.1) is 45.8 Å². The van der Waals surface area contributed by atoms with E-state index in [-0.39, 0.29) is 11.6 Å². The molecule has 2 unspecified atom stereocenters. The monoisotopic (exact) mass is 1280 g/mol. The average Bonchev–Trinajstić information content (AvgIpc) is 1.69. The highest BCUT2D eigenvalue weighted by Crippen LogP contribution is 2.48. The predicted molar refractivity (Wildman–Crippen MR) is 375 cm³/mol. The van der Waals surface area contributed by atoms with E-state index >= 15 is 0 Å². The highest BCUT2D eigenvalue weighted by Gasteiger charge is 2.45. The minimum atomic E-state index is -0.228. The van der Waals surface area contributed by atoms with Crippen LogP contribution in [0.2, 0.25) is 0 Å². The van der Waals surface area contributed by atoms with Gasteiger partial charge in [-0.05, 0) is 206 Å². The van der Waals surface area contributed by atoms with Crippen LogP contribution in [0.15, 0.2) is 189 Å². The van der Waals surface area contributed by atoms with Crippen molar-refractivity contribution < 1.29 is 8.78 Å². The van der Waals surface area contributed by atoms with Gasteiger partial charge in [-0.1, -0.05) is 56.2 Å². The van der Waals surface area contributed by atoms with Crippen LogP contribution in [0.3, 0.4) is 0 Å². The fourth-order valence-electron chi connectivity index (χ4n) is 16.9. The molecule has 6 aliphatic heterocycles. The largest absolute Gasteiger partial charge is 0.371 e. The number of benzene rings is 6. The fourth-order valence-corrected chi connectivity index (χ4v) is 16.9. The van der Waals surface area contributed by atoms with Crippen molar-refractivity contribution in [2.45, 2.75) is 65.1 Å². The van der Waals surface area contributed by atoms with Gasteiger partial charge in [0.1, 0.15) is 24.3 Å². The maximum Gasteiger partial charge on any atom is 0.185 e. The third kappa shape index (κ3) is 10.5. The van der Waals surface area contributed by atoms with Crippen LogP contribution in [0.25, 0.3) is 85.0 Å². The van der Waals surface area contributed by atoms with Crippen LogP contribution in [-0.4, -0.2) is 106 Å². The number of hydrogen-bond acceptors (Lipinski definition) is 10. The van der Waals surface area contributed by atoms with E-state index in [1.807, 2.05) is 66.5 Å². The van der Waals surface area contributed by atoms with Gasteiger partial charge in [0.2, 0.25) is 0 Å². The van der Waals surface area contributed by atoms with Crippen LogP contribution < -0.4 is 20.0 Å². The lowest BCUT2D eigenvalue weighted by molar-refractivity contribution is 0.222. The highest BCUT2D eigenvalue weighted by atomic mass is 19.1. The second-order valence-electron chi connectivity index (χ2n) is 28.3. The third-order valence-electron chi connectivity index (χ3n) is 22.3. The van der Waals surface area contributed by atoms with Gasteiger partial charge in [0.15, 0.2) is 17.5 Å². The van der Waals surface area contributed by atoms with Crippen LogP contribution in [0.5, 0.6) is 0 Å². The lowest BCUT2D eigenvalue weighted by Gasteiger charge is -2.50. The number of imidazole rings is 1. The van der Waals surface area contributed by atoms with Gasteiger partial charge < -0.3 is 33.7 Å². The van der Waals surface area contributed by atoms with E-state index in [4.69, 9.17) is 10.2 Å². The Morgan fingerprint density at radius 1 is 0.546 bits per heavy atom. The molecule has 2 aliphatic carbocycles. The maximum atomic E-state index is 13.4. The zero-order chi connectivity index (χ0) is 65.0. The Morgan fingerprint density at radius 2 is 1.06 bits per heavy atom. The van der Waals surface area contributed by atoms with Gasteiger partial charge in [0, 0.05) is 129 Å². The Labute approximate surface area is 562 Å². The van der Waals surface area contributed by atoms with Crippen molar-refractivity contribution in [3.05, 3.63) is 223 Å². The maximum absolute atomic E-state index is 13.4.